The van der Waals surface area contributed by atoms with Gasteiger partial charge in [-0.1, -0.05) is 0 Å². The minimum atomic E-state index is 0.875. The Kier molecular flexibility index (Phi) is 2.66. The van der Waals surface area contributed by atoms with Crippen molar-refractivity contribution in [2.24, 2.45) is 0 Å². The minimum absolute atomic E-state index is 0.875. The van der Waals surface area contributed by atoms with Crippen LogP contribution in [0.4, 0.5) is 0 Å². The molecule has 13 heavy (non-hydrogen) atoms. The van der Waals surface area contributed by atoms with Crippen molar-refractivity contribution < 1.29 is 4.74 Å². The Morgan fingerprint density at radius 2 is 2.15 bits per heavy atom. The van der Waals surface area contributed by atoms with Crippen molar-refractivity contribution in [1.29, 1.82) is 0 Å². The van der Waals surface area contributed by atoms with E-state index >= 15 is 0 Å². The zero-order valence-electron chi connectivity index (χ0n) is 8.05. The van der Waals surface area contributed by atoms with E-state index in [4.69, 9.17) is 4.74 Å². The second kappa shape index (κ2) is 3.94. The van der Waals surface area contributed by atoms with E-state index in [1.165, 1.54) is 11.4 Å². The number of aromatic amines is 1. The van der Waals surface area contributed by atoms with Crippen molar-refractivity contribution in [1.82, 2.24) is 9.88 Å². The maximum atomic E-state index is 5.29. The number of hydrogen-bond acceptors (Lipinski definition) is 2. The lowest BCUT2D eigenvalue weighted by atomic mass is 10.3. The minimum Gasteiger partial charge on any atom is -0.379 e. The van der Waals surface area contributed by atoms with Crippen LogP contribution in [0.25, 0.3) is 0 Å². The highest BCUT2D eigenvalue weighted by Crippen LogP contribution is 2.06. The third kappa shape index (κ3) is 2.32. The Hall–Kier alpha value is -0.800. The van der Waals surface area contributed by atoms with Crippen molar-refractivity contribution >= 4 is 0 Å². The predicted molar refractivity (Wildman–Crippen MR) is 51.6 cm³/mol. The van der Waals surface area contributed by atoms with E-state index < -0.39 is 0 Å². The summed E-state index contributed by atoms with van der Waals surface area (Å²) in [5.41, 5.74) is 2.54. The standard InChI is InChI=1S/C10H16N2O/c1-9-2-3-10(11-9)8-12-4-6-13-7-5-12/h2-3,11H,4-8H2,1H3. The van der Waals surface area contributed by atoms with Crippen molar-refractivity contribution in [2.45, 2.75) is 13.5 Å². The van der Waals surface area contributed by atoms with Gasteiger partial charge in [0.25, 0.3) is 0 Å². The zero-order chi connectivity index (χ0) is 9.10. The van der Waals surface area contributed by atoms with E-state index in [-0.39, 0.29) is 0 Å². The van der Waals surface area contributed by atoms with Gasteiger partial charge >= 0.3 is 0 Å². The topological polar surface area (TPSA) is 28.3 Å². The van der Waals surface area contributed by atoms with Crippen LogP contribution >= 0.6 is 0 Å². The highest BCUT2D eigenvalue weighted by Gasteiger charge is 2.10. The number of rotatable bonds is 2. The van der Waals surface area contributed by atoms with Gasteiger partial charge in [-0.15, -0.1) is 0 Å². The van der Waals surface area contributed by atoms with Crippen LogP contribution < -0.4 is 0 Å². The van der Waals surface area contributed by atoms with Gasteiger partial charge in [-0.3, -0.25) is 4.90 Å². The molecule has 1 N–H and O–H groups in total. The van der Waals surface area contributed by atoms with Crippen LogP contribution in [0.3, 0.4) is 0 Å². The number of aromatic nitrogens is 1. The monoisotopic (exact) mass is 180 g/mol. The molecular weight excluding hydrogens is 164 g/mol. The second-order valence-corrected chi connectivity index (χ2v) is 3.56. The maximum absolute atomic E-state index is 5.29. The first-order valence-corrected chi connectivity index (χ1v) is 4.79. The third-order valence-electron chi connectivity index (χ3n) is 2.39. The molecule has 0 saturated carbocycles. The van der Waals surface area contributed by atoms with Crippen molar-refractivity contribution in [3.63, 3.8) is 0 Å². The van der Waals surface area contributed by atoms with E-state index in [9.17, 15) is 0 Å². The SMILES string of the molecule is Cc1ccc(CN2CCOCC2)[nH]1. The molecule has 0 aliphatic carbocycles. The van der Waals surface area contributed by atoms with E-state index in [2.05, 4.69) is 28.9 Å². The molecule has 0 aromatic carbocycles. The third-order valence-corrected chi connectivity index (χ3v) is 2.39. The molecule has 1 aromatic rings. The summed E-state index contributed by atoms with van der Waals surface area (Å²) in [6, 6.07) is 4.28. The molecule has 2 heterocycles. The van der Waals surface area contributed by atoms with E-state index in [1.54, 1.807) is 0 Å². The molecule has 1 saturated heterocycles. The molecular formula is C10H16N2O. The zero-order valence-corrected chi connectivity index (χ0v) is 8.05. The number of ether oxygens (including phenoxy) is 1. The summed E-state index contributed by atoms with van der Waals surface area (Å²) < 4.78 is 5.29. The van der Waals surface area contributed by atoms with Crippen LogP contribution in [0, 0.1) is 6.92 Å². The molecule has 72 valence electrons. The van der Waals surface area contributed by atoms with Crippen molar-refractivity contribution in [3.8, 4) is 0 Å². The van der Waals surface area contributed by atoms with Crippen molar-refractivity contribution in [3.05, 3.63) is 23.5 Å². The molecule has 0 radical (unpaired) electrons. The van der Waals surface area contributed by atoms with Crippen LogP contribution in [0.5, 0.6) is 0 Å². The van der Waals surface area contributed by atoms with Crippen LogP contribution in [0.1, 0.15) is 11.4 Å². The van der Waals surface area contributed by atoms with Gasteiger partial charge in [0, 0.05) is 31.0 Å². The highest BCUT2D eigenvalue weighted by molar-refractivity contribution is 5.11. The van der Waals surface area contributed by atoms with Crippen molar-refractivity contribution in [2.75, 3.05) is 26.3 Å². The largest absolute Gasteiger partial charge is 0.379 e. The lowest BCUT2D eigenvalue weighted by Crippen LogP contribution is -2.35. The number of nitrogens with zero attached hydrogens (tertiary/aromatic N) is 1. The maximum Gasteiger partial charge on any atom is 0.0594 e. The fourth-order valence-electron chi connectivity index (χ4n) is 1.65. The Balaban J connectivity index is 1.89. The molecule has 3 heteroatoms. The van der Waals surface area contributed by atoms with Gasteiger partial charge in [-0.25, -0.2) is 0 Å². The molecule has 1 aliphatic rings. The van der Waals surface area contributed by atoms with Gasteiger partial charge < -0.3 is 9.72 Å². The molecule has 3 nitrogen and oxygen atoms in total. The molecule has 0 unspecified atom stereocenters. The summed E-state index contributed by atoms with van der Waals surface area (Å²) in [4.78, 5) is 5.75. The molecule has 0 spiro atoms. The number of hydrogen-bond donors (Lipinski definition) is 1. The van der Waals surface area contributed by atoms with Gasteiger partial charge in [0.15, 0.2) is 0 Å². The van der Waals surface area contributed by atoms with Gasteiger partial charge in [-0.05, 0) is 19.1 Å². The number of aryl methyl sites for hydroxylation is 1. The second-order valence-electron chi connectivity index (χ2n) is 3.56. The van der Waals surface area contributed by atoms with Crippen LogP contribution in [-0.4, -0.2) is 36.2 Å². The molecule has 0 bridgehead atoms. The fraction of sp³-hybridized carbons (Fsp3) is 0.600. The Morgan fingerprint density at radius 3 is 2.77 bits per heavy atom. The first kappa shape index (κ1) is 8.78. The molecule has 0 amide bonds. The predicted octanol–water partition coefficient (Wildman–Crippen LogP) is 1.16. The van der Waals surface area contributed by atoms with Gasteiger partial charge in [0.1, 0.15) is 0 Å². The average Bonchev–Trinajstić information content (AvgIpc) is 2.53. The van der Waals surface area contributed by atoms with Crippen LogP contribution in [0.2, 0.25) is 0 Å². The normalized spacial score (nSPS) is 19.2. The van der Waals surface area contributed by atoms with Crippen LogP contribution in [0.15, 0.2) is 12.1 Å². The summed E-state index contributed by atoms with van der Waals surface area (Å²) in [5.74, 6) is 0. The van der Waals surface area contributed by atoms with E-state index in [1.807, 2.05) is 0 Å². The van der Waals surface area contributed by atoms with Gasteiger partial charge in [0.05, 0.1) is 13.2 Å². The summed E-state index contributed by atoms with van der Waals surface area (Å²) in [7, 11) is 0. The highest BCUT2D eigenvalue weighted by atomic mass is 16.5. The number of morpholine rings is 1. The van der Waals surface area contributed by atoms with E-state index in [0.29, 0.717) is 0 Å². The first-order valence-electron chi connectivity index (χ1n) is 4.79. The number of H-pyrrole nitrogens is 1. The quantitative estimate of drug-likeness (QED) is 0.739. The van der Waals surface area contributed by atoms with E-state index in [0.717, 1.165) is 32.8 Å². The smallest absolute Gasteiger partial charge is 0.0594 e. The molecule has 1 fully saturated rings. The lowest BCUT2D eigenvalue weighted by Gasteiger charge is -2.25. The number of nitrogens with one attached hydrogen (secondary N) is 1. The van der Waals surface area contributed by atoms with Gasteiger partial charge in [0.2, 0.25) is 0 Å². The van der Waals surface area contributed by atoms with Crippen LogP contribution in [-0.2, 0) is 11.3 Å². The lowest BCUT2D eigenvalue weighted by molar-refractivity contribution is 0.0337. The average molecular weight is 180 g/mol. The Bertz CT molecular complexity index is 264. The summed E-state index contributed by atoms with van der Waals surface area (Å²) in [6.45, 7) is 6.97. The summed E-state index contributed by atoms with van der Waals surface area (Å²) in [5, 5.41) is 0. The molecule has 0 atom stereocenters. The molecule has 1 aromatic heterocycles. The summed E-state index contributed by atoms with van der Waals surface area (Å²) in [6.07, 6.45) is 0. The molecule has 1 aliphatic heterocycles. The Morgan fingerprint density at radius 1 is 1.38 bits per heavy atom. The Labute approximate surface area is 78.7 Å². The van der Waals surface area contributed by atoms with Gasteiger partial charge in [-0.2, -0.15) is 0 Å². The fourth-order valence-corrected chi connectivity index (χ4v) is 1.65. The summed E-state index contributed by atoms with van der Waals surface area (Å²) >= 11 is 0. The first-order chi connectivity index (χ1) is 6.34. The molecule has 2 rings (SSSR count).